The number of piperidine rings is 1. The summed E-state index contributed by atoms with van der Waals surface area (Å²) >= 11 is 0. The van der Waals surface area contributed by atoms with E-state index in [1.807, 2.05) is 38.2 Å². The van der Waals surface area contributed by atoms with Gasteiger partial charge < -0.3 is 19.4 Å². The third kappa shape index (κ3) is 6.00. The molecule has 2 aromatic carbocycles. The second kappa shape index (κ2) is 10.5. The summed E-state index contributed by atoms with van der Waals surface area (Å²) in [6.45, 7) is 5.04. The molecule has 0 radical (unpaired) electrons. The maximum atomic E-state index is 13.8. The van der Waals surface area contributed by atoms with Gasteiger partial charge in [-0.2, -0.15) is 13.2 Å². The first-order valence-corrected chi connectivity index (χ1v) is 12.2. The van der Waals surface area contributed by atoms with E-state index in [-0.39, 0.29) is 30.5 Å². The molecule has 2 aromatic rings. The molecular weight excluding hydrogens is 471 g/mol. The maximum Gasteiger partial charge on any atom is 0.416 e. The van der Waals surface area contributed by atoms with Crippen LogP contribution in [-0.4, -0.2) is 78.4 Å². The van der Waals surface area contributed by atoms with Crippen molar-refractivity contribution in [2.75, 3.05) is 46.3 Å². The SMILES string of the molecule is Cc1ccc(CC(=O)N2CCCC(Oc3ccc(C(F)(F)F)cc3)(C(=O)N3CCN(C)CC3)C2)cc1. The summed E-state index contributed by atoms with van der Waals surface area (Å²) in [5.41, 5.74) is -0.147. The average molecular weight is 504 g/mol. The molecule has 0 aromatic heterocycles. The second-order valence-electron chi connectivity index (χ2n) is 9.80. The summed E-state index contributed by atoms with van der Waals surface area (Å²) in [5, 5.41) is 0. The topological polar surface area (TPSA) is 53.1 Å². The van der Waals surface area contributed by atoms with Gasteiger partial charge in [0.15, 0.2) is 0 Å². The molecule has 36 heavy (non-hydrogen) atoms. The number of carbonyl (C=O) groups excluding carboxylic acids is 2. The number of rotatable bonds is 5. The van der Waals surface area contributed by atoms with Crippen molar-refractivity contribution in [3.05, 3.63) is 65.2 Å². The first kappa shape index (κ1) is 26.0. The quantitative estimate of drug-likeness (QED) is 0.624. The molecule has 194 valence electrons. The average Bonchev–Trinajstić information content (AvgIpc) is 2.85. The van der Waals surface area contributed by atoms with Crippen LogP contribution in [0.5, 0.6) is 5.75 Å². The zero-order chi connectivity index (χ0) is 25.9. The number of ether oxygens (including phenoxy) is 1. The highest BCUT2D eigenvalue weighted by molar-refractivity contribution is 5.88. The Morgan fingerprint density at radius 1 is 0.917 bits per heavy atom. The fraction of sp³-hybridized carbons (Fsp3) is 0.481. The molecule has 0 aliphatic carbocycles. The highest BCUT2D eigenvalue weighted by atomic mass is 19.4. The molecule has 0 spiro atoms. The molecule has 0 bridgehead atoms. The van der Waals surface area contributed by atoms with Crippen LogP contribution in [0, 0.1) is 6.92 Å². The van der Waals surface area contributed by atoms with Crippen molar-refractivity contribution in [1.82, 2.24) is 14.7 Å². The molecule has 4 rings (SSSR count). The largest absolute Gasteiger partial charge is 0.476 e. The third-order valence-corrected chi connectivity index (χ3v) is 6.96. The summed E-state index contributed by atoms with van der Waals surface area (Å²) in [4.78, 5) is 32.6. The number of amides is 2. The fourth-order valence-corrected chi connectivity index (χ4v) is 4.76. The minimum absolute atomic E-state index is 0.0594. The van der Waals surface area contributed by atoms with Gasteiger partial charge in [-0.05, 0) is 56.6 Å². The monoisotopic (exact) mass is 503 g/mol. The van der Waals surface area contributed by atoms with Crippen molar-refractivity contribution in [1.29, 1.82) is 0 Å². The lowest BCUT2D eigenvalue weighted by atomic mass is 9.89. The number of nitrogens with zero attached hydrogens (tertiary/aromatic N) is 3. The van der Waals surface area contributed by atoms with Gasteiger partial charge in [0.1, 0.15) is 5.75 Å². The van der Waals surface area contributed by atoms with E-state index in [9.17, 15) is 22.8 Å². The molecule has 9 heteroatoms. The normalized spacial score (nSPS) is 21.4. The number of likely N-dealkylation sites (tertiary alicyclic amines) is 1. The highest BCUT2D eigenvalue weighted by Gasteiger charge is 2.48. The van der Waals surface area contributed by atoms with E-state index in [2.05, 4.69) is 4.90 Å². The standard InChI is InChI=1S/C27H32F3N3O3/c1-20-4-6-21(7-5-20)18-24(34)33-13-3-12-26(19-33,25(35)32-16-14-31(2)15-17-32)36-23-10-8-22(9-11-23)27(28,29)30/h4-11H,3,12-19H2,1-2H3. The van der Waals surface area contributed by atoms with E-state index < -0.39 is 17.3 Å². The summed E-state index contributed by atoms with van der Waals surface area (Å²) < 4.78 is 45.4. The summed E-state index contributed by atoms with van der Waals surface area (Å²) in [6, 6.07) is 12.1. The second-order valence-corrected chi connectivity index (χ2v) is 9.80. The van der Waals surface area contributed by atoms with Crippen molar-refractivity contribution in [2.24, 2.45) is 0 Å². The van der Waals surface area contributed by atoms with Crippen LogP contribution < -0.4 is 4.74 Å². The van der Waals surface area contributed by atoms with Gasteiger partial charge in [-0.3, -0.25) is 9.59 Å². The molecule has 2 amide bonds. The van der Waals surface area contributed by atoms with Gasteiger partial charge in [0.05, 0.1) is 18.5 Å². The van der Waals surface area contributed by atoms with Crippen LogP contribution in [0.4, 0.5) is 13.2 Å². The van der Waals surface area contributed by atoms with Crippen LogP contribution in [0.3, 0.4) is 0 Å². The van der Waals surface area contributed by atoms with Gasteiger partial charge in [-0.15, -0.1) is 0 Å². The first-order chi connectivity index (χ1) is 17.1. The van der Waals surface area contributed by atoms with Crippen LogP contribution in [0.2, 0.25) is 0 Å². The number of likely N-dealkylation sites (N-methyl/N-ethyl adjacent to an activating group) is 1. The summed E-state index contributed by atoms with van der Waals surface area (Å²) in [6.07, 6.45) is -3.32. The molecule has 2 fully saturated rings. The zero-order valence-electron chi connectivity index (χ0n) is 20.7. The lowest BCUT2D eigenvalue weighted by molar-refractivity contribution is -0.158. The van der Waals surface area contributed by atoms with Gasteiger partial charge in [-0.25, -0.2) is 0 Å². The Labute approximate surface area is 209 Å². The Morgan fingerprint density at radius 3 is 2.17 bits per heavy atom. The number of alkyl halides is 3. The molecule has 2 heterocycles. The van der Waals surface area contributed by atoms with Crippen LogP contribution in [-0.2, 0) is 22.2 Å². The molecule has 2 saturated heterocycles. The molecule has 6 nitrogen and oxygen atoms in total. The molecule has 1 atom stereocenters. The van der Waals surface area contributed by atoms with Crippen molar-refractivity contribution in [3.63, 3.8) is 0 Å². The van der Waals surface area contributed by atoms with Crippen LogP contribution in [0.25, 0.3) is 0 Å². The van der Waals surface area contributed by atoms with E-state index in [0.717, 1.165) is 36.3 Å². The Balaban J connectivity index is 1.57. The number of benzene rings is 2. The Hall–Kier alpha value is -3.07. The molecular formula is C27H32F3N3O3. The summed E-state index contributed by atoms with van der Waals surface area (Å²) in [7, 11) is 1.99. The minimum atomic E-state index is -4.46. The molecule has 0 N–H and O–H groups in total. The maximum absolute atomic E-state index is 13.8. The van der Waals surface area contributed by atoms with Crippen molar-refractivity contribution < 1.29 is 27.5 Å². The third-order valence-electron chi connectivity index (χ3n) is 6.96. The highest BCUT2D eigenvalue weighted by Crippen LogP contribution is 2.34. The number of hydrogen-bond donors (Lipinski definition) is 0. The molecule has 2 aliphatic rings. The van der Waals surface area contributed by atoms with Gasteiger partial charge in [0, 0.05) is 32.7 Å². The lowest BCUT2D eigenvalue weighted by Crippen LogP contribution is -2.64. The van der Waals surface area contributed by atoms with E-state index >= 15 is 0 Å². The first-order valence-electron chi connectivity index (χ1n) is 12.2. The zero-order valence-corrected chi connectivity index (χ0v) is 20.7. The van der Waals surface area contributed by atoms with Gasteiger partial charge in [-0.1, -0.05) is 29.8 Å². The summed E-state index contributed by atoms with van der Waals surface area (Å²) in [5.74, 6) is -0.147. The predicted molar refractivity (Wildman–Crippen MR) is 130 cm³/mol. The van der Waals surface area contributed by atoms with E-state index in [1.54, 1.807) is 9.80 Å². The van der Waals surface area contributed by atoms with Crippen molar-refractivity contribution >= 4 is 11.8 Å². The predicted octanol–water partition coefficient (Wildman–Crippen LogP) is 3.77. The van der Waals surface area contributed by atoms with E-state index in [4.69, 9.17) is 4.74 Å². The van der Waals surface area contributed by atoms with Crippen molar-refractivity contribution in [2.45, 2.75) is 38.0 Å². The van der Waals surface area contributed by atoms with Gasteiger partial charge in [0.2, 0.25) is 11.5 Å². The van der Waals surface area contributed by atoms with Crippen LogP contribution in [0.1, 0.15) is 29.5 Å². The molecule has 1 unspecified atom stereocenters. The van der Waals surface area contributed by atoms with Gasteiger partial charge >= 0.3 is 6.18 Å². The van der Waals surface area contributed by atoms with Crippen LogP contribution >= 0.6 is 0 Å². The molecule has 0 saturated carbocycles. The number of halogens is 3. The Kier molecular flexibility index (Phi) is 7.59. The molecule has 2 aliphatic heterocycles. The number of hydrogen-bond acceptors (Lipinski definition) is 4. The van der Waals surface area contributed by atoms with Crippen molar-refractivity contribution in [3.8, 4) is 5.75 Å². The minimum Gasteiger partial charge on any atom is -0.476 e. The Bertz CT molecular complexity index is 1060. The Morgan fingerprint density at radius 2 is 1.56 bits per heavy atom. The number of aryl methyl sites for hydroxylation is 1. The fourth-order valence-electron chi connectivity index (χ4n) is 4.76. The van der Waals surface area contributed by atoms with Gasteiger partial charge in [0.25, 0.3) is 5.91 Å². The smallest absolute Gasteiger partial charge is 0.416 e. The number of carbonyl (C=O) groups is 2. The lowest BCUT2D eigenvalue weighted by Gasteiger charge is -2.45. The van der Waals surface area contributed by atoms with E-state index in [0.29, 0.717) is 32.5 Å². The number of piperazine rings is 1. The van der Waals surface area contributed by atoms with E-state index in [1.165, 1.54) is 12.1 Å². The van der Waals surface area contributed by atoms with Crippen LogP contribution in [0.15, 0.2) is 48.5 Å².